The number of hydrogen-bond acceptors (Lipinski definition) is 0. The summed E-state index contributed by atoms with van der Waals surface area (Å²) in [5, 5.41) is 0. The van der Waals surface area contributed by atoms with Gasteiger partial charge in [-0.1, -0.05) is 6.92 Å². The fourth-order valence-electron chi connectivity index (χ4n) is 2.00. The molecule has 1 fully saturated rings. The summed E-state index contributed by atoms with van der Waals surface area (Å²) in [6.45, 7) is 2.15. The summed E-state index contributed by atoms with van der Waals surface area (Å²) in [7, 11) is 0. The zero-order chi connectivity index (χ0) is 9.84. The van der Waals surface area contributed by atoms with E-state index in [1.807, 2.05) is 0 Å². The summed E-state index contributed by atoms with van der Waals surface area (Å²) in [6.07, 6.45) is 18.1. The van der Waals surface area contributed by atoms with E-state index in [-0.39, 0.29) is 11.8 Å². The summed E-state index contributed by atoms with van der Waals surface area (Å²) in [5.41, 5.74) is 0. The van der Waals surface area contributed by atoms with Gasteiger partial charge in [0.25, 0.3) is 0 Å². The van der Waals surface area contributed by atoms with Crippen LogP contribution in [0.15, 0.2) is 0 Å². The summed E-state index contributed by atoms with van der Waals surface area (Å²) in [6, 6.07) is 0. The van der Waals surface area contributed by atoms with Crippen molar-refractivity contribution in [2.45, 2.75) is 19.8 Å². The van der Waals surface area contributed by atoms with Crippen LogP contribution < -0.4 is 0 Å². The molecule has 0 N–H and O–H groups in total. The molecule has 13 heavy (non-hydrogen) atoms. The van der Waals surface area contributed by atoms with Crippen molar-refractivity contribution in [1.29, 1.82) is 0 Å². The minimum Gasteiger partial charge on any atom is -0.120 e. The Balaban J connectivity index is 2.75. The summed E-state index contributed by atoms with van der Waals surface area (Å²) >= 11 is 0. The average molecular weight is 170 g/mol. The molecule has 0 heteroatoms. The molecule has 1 rings (SSSR count). The highest BCUT2D eigenvalue weighted by atomic mass is 14.3. The molecule has 0 aromatic carbocycles. The molecule has 1 saturated carbocycles. The molecule has 0 nitrogen and oxygen atoms in total. The van der Waals surface area contributed by atoms with Gasteiger partial charge in [0.15, 0.2) is 0 Å². The van der Waals surface area contributed by atoms with Gasteiger partial charge in [-0.15, -0.1) is 37.0 Å². The Morgan fingerprint density at radius 2 is 1.31 bits per heavy atom. The van der Waals surface area contributed by atoms with Gasteiger partial charge in [-0.2, -0.15) is 0 Å². The second-order valence-corrected chi connectivity index (χ2v) is 3.77. The molecule has 66 valence electrons. The van der Waals surface area contributed by atoms with E-state index in [1.54, 1.807) is 0 Å². The van der Waals surface area contributed by atoms with Crippen molar-refractivity contribution in [2.24, 2.45) is 23.7 Å². The van der Waals surface area contributed by atoms with Gasteiger partial charge in [0.1, 0.15) is 0 Å². The summed E-state index contributed by atoms with van der Waals surface area (Å²) < 4.78 is 0. The average Bonchev–Trinajstić information content (AvgIpc) is 2.17. The molecule has 0 aromatic heterocycles. The zero-order valence-electron chi connectivity index (χ0n) is 7.96. The third-order valence-electron chi connectivity index (χ3n) is 2.95. The molecule has 4 unspecified atom stereocenters. The van der Waals surface area contributed by atoms with Crippen LogP contribution in [-0.2, 0) is 0 Å². The lowest BCUT2D eigenvalue weighted by Gasteiger charge is -2.33. The van der Waals surface area contributed by atoms with Crippen molar-refractivity contribution in [2.75, 3.05) is 0 Å². The van der Waals surface area contributed by atoms with Gasteiger partial charge in [0, 0.05) is 17.8 Å². The van der Waals surface area contributed by atoms with E-state index in [2.05, 4.69) is 24.7 Å². The van der Waals surface area contributed by atoms with E-state index >= 15 is 0 Å². The Hall–Kier alpha value is -1.32. The van der Waals surface area contributed by atoms with Crippen molar-refractivity contribution >= 4 is 0 Å². The Morgan fingerprint density at radius 1 is 0.846 bits per heavy atom. The van der Waals surface area contributed by atoms with Crippen molar-refractivity contribution in [3.63, 3.8) is 0 Å². The summed E-state index contributed by atoms with van der Waals surface area (Å²) in [5.74, 6) is 9.55. The maximum absolute atomic E-state index is 5.43. The van der Waals surface area contributed by atoms with Crippen LogP contribution in [-0.4, -0.2) is 0 Å². The fourth-order valence-corrected chi connectivity index (χ4v) is 2.00. The maximum atomic E-state index is 5.43. The molecule has 1 aliphatic carbocycles. The third kappa shape index (κ3) is 1.88. The molecule has 0 aliphatic heterocycles. The van der Waals surface area contributed by atoms with Crippen molar-refractivity contribution in [1.82, 2.24) is 0 Å². The Morgan fingerprint density at radius 3 is 1.77 bits per heavy atom. The van der Waals surface area contributed by atoms with Crippen LogP contribution in [0.3, 0.4) is 0 Å². The standard InChI is InChI=1S/C13H14/c1-5-11-9-13(7-3)12(6-2)8-10(11)4/h1-3,10-13H,8-9H2,4H3. The van der Waals surface area contributed by atoms with Crippen LogP contribution in [0, 0.1) is 60.7 Å². The van der Waals surface area contributed by atoms with Crippen molar-refractivity contribution < 1.29 is 0 Å². The molecule has 0 saturated heterocycles. The summed E-state index contributed by atoms with van der Waals surface area (Å²) in [4.78, 5) is 0. The first-order valence-corrected chi connectivity index (χ1v) is 4.61. The lowest BCUT2D eigenvalue weighted by atomic mass is 9.70. The second-order valence-electron chi connectivity index (χ2n) is 3.77. The predicted molar refractivity (Wildman–Crippen MR) is 55.4 cm³/mol. The van der Waals surface area contributed by atoms with E-state index in [0.29, 0.717) is 11.8 Å². The molecule has 0 aromatic rings. The normalized spacial score (nSPS) is 38.3. The van der Waals surface area contributed by atoms with Gasteiger partial charge < -0.3 is 0 Å². The Kier molecular flexibility index (Phi) is 3.06. The zero-order valence-corrected chi connectivity index (χ0v) is 7.96. The topological polar surface area (TPSA) is 0 Å². The Labute approximate surface area is 81.1 Å². The molecule has 0 bridgehead atoms. The monoisotopic (exact) mass is 170 g/mol. The quantitative estimate of drug-likeness (QED) is 0.489. The van der Waals surface area contributed by atoms with Crippen LogP contribution in [0.25, 0.3) is 0 Å². The highest BCUT2D eigenvalue weighted by molar-refractivity contribution is 5.13. The lowest BCUT2D eigenvalue weighted by Crippen LogP contribution is -2.28. The minimum atomic E-state index is 0.183. The number of rotatable bonds is 0. The molecular weight excluding hydrogens is 156 g/mol. The molecule has 0 radical (unpaired) electrons. The smallest absolute Gasteiger partial charge is 0.0349 e. The van der Waals surface area contributed by atoms with Crippen molar-refractivity contribution in [3.05, 3.63) is 0 Å². The highest BCUT2D eigenvalue weighted by Crippen LogP contribution is 2.36. The van der Waals surface area contributed by atoms with E-state index in [4.69, 9.17) is 19.3 Å². The lowest BCUT2D eigenvalue weighted by molar-refractivity contribution is 0.231. The van der Waals surface area contributed by atoms with Gasteiger partial charge in [0.05, 0.1) is 0 Å². The fraction of sp³-hybridized carbons (Fsp3) is 0.538. The third-order valence-corrected chi connectivity index (χ3v) is 2.95. The van der Waals surface area contributed by atoms with E-state index in [1.165, 1.54) is 0 Å². The van der Waals surface area contributed by atoms with Crippen LogP contribution in [0.5, 0.6) is 0 Å². The number of hydrogen-bond donors (Lipinski definition) is 0. The first-order valence-electron chi connectivity index (χ1n) is 4.61. The van der Waals surface area contributed by atoms with Gasteiger partial charge in [0.2, 0.25) is 0 Å². The number of terminal acetylenes is 3. The largest absolute Gasteiger partial charge is 0.120 e. The van der Waals surface area contributed by atoms with Gasteiger partial charge >= 0.3 is 0 Å². The molecular formula is C13H14. The first kappa shape index (κ1) is 9.77. The van der Waals surface area contributed by atoms with Crippen LogP contribution in [0.4, 0.5) is 0 Å². The first-order chi connectivity index (χ1) is 6.22. The van der Waals surface area contributed by atoms with E-state index < -0.39 is 0 Å². The minimum absolute atomic E-state index is 0.183. The van der Waals surface area contributed by atoms with E-state index in [9.17, 15) is 0 Å². The van der Waals surface area contributed by atoms with Gasteiger partial charge in [-0.3, -0.25) is 0 Å². The molecule has 1 aliphatic rings. The van der Waals surface area contributed by atoms with Crippen LogP contribution in [0.1, 0.15) is 19.8 Å². The van der Waals surface area contributed by atoms with Gasteiger partial charge in [-0.25, -0.2) is 0 Å². The molecule has 0 spiro atoms. The van der Waals surface area contributed by atoms with Gasteiger partial charge in [-0.05, 0) is 18.8 Å². The highest BCUT2D eigenvalue weighted by Gasteiger charge is 2.31. The van der Waals surface area contributed by atoms with E-state index in [0.717, 1.165) is 12.8 Å². The predicted octanol–water partition coefficient (Wildman–Crippen LogP) is 2.16. The Bertz CT molecular complexity index is 291. The molecule has 4 atom stereocenters. The molecule has 0 amide bonds. The van der Waals surface area contributed by atoms with Crippen molar-refractivity contribution in [3.8, 4) is 37.0 Å². The second kappa shape index (κ2) is 4.07. The SMILES string of the molecule is C#CC1CC(C#C)C(C#C)CC1C. The maximum Gasteiger partial charge on any atom is 0.0349 e. The van der Waals surface area contributed by atoms with Crippen LogP contribution in [0.2, 0.25) is 0 Å². The van der Waals surface area contributed by atoms with Crippen LogP contribution >= 0.6 is 0 Å². The molecule has 0 heterocycles.